The second kappa shape index (κ2) is 3.34. The van der Waals surface area contributed by atoms with Crippen LogP contribution in [0.3, 0.4) is 0 Å². The lowest BCUT2D eigenvalue weighted by Gasteiger charge is -2.17. The van der Waals surface area contributed by atoms with Crippen molar-refractivity contribution in [3.05, 3.63) is 0 Å². The summed E-state index contributed by atoms with van der Waals surface area (Å²) in [6.45, 7) is 1.89. The maximum absolute atomic E-state index is 11.2. The molecule has 0 aliphatic heterocycles. The van der Waals surface area contributed by atoms with E-state index < -0.39 is 5.78 Å². The largest absolute Gasteiger partial charge is 0.411 e. The quantitative estimate of drug-likeness (QED) is 0.413. The van der Waals surface area contributed by atoms with Gasteiger partial charge < -0.3 is 10.4 Å². The van der Waals surface area contributed by atoms with Gasteiger partial charge in [0.05, 0.1) is 0 Å². The molecule has 1 aliphatic rings. The zero-order chi connectivity index (χ0) is 9.14. The van der Waals surface area contributed by atoms with Gasteiger partial charge in [-0.15, -0.1) is 0 Å². The first kappa shape index (κ1) is 8.70. The molecule has 0 heterocycles. The minimum atomic E-state index is -0.460. The summed E-state index contributed by atoms with van der Waals surface area (Å²) in [5.74, 6) is -0.280. The van der Waals surface area contributed by atoms with Gasteiger partial charge in [0, 0.05) is 0 Å². The third kappa shape index (κ3) is 1.44. The Kier molecular flexibility index (Phi) is 2.42. The van der Waals surface area contributed by atoms with Gasteiger partial charge >= 0.3 is 0 Å². The summed E-state index contributed by atoms with van der Waals surface area (Å²) in [6, 6.07) is 0. The molecule has 0 spiro atoms. The minimum absolute atomic E-state index is 0.0709. The fraction of sp³-hybridized carbons (Fsp3) is 0.571. The summed E-state index contributed by atoms with van der Waals surface area (Å²) in [4.78, 5) is 11.2. The predicted octanol–water partition coefficient (Wildman–Crippen LogP) is 0.646. The van der Waals surface area contributed by atoms with Gasteiger partial charge in [-0.1, -0.05) is 17.2 Å². The average Bonchev–Trinajstić information content (AvgIpc) is 2.08. The van der Waals surface area contributed by atoms with Gasteiger partial charge in [0.15, 0.2) is 0 Å². The Labute approximate surface area is 69.4 Å². The van der Waals surface area contributed by atoms with Crippen molar-refractivity contribution in [2.24, 2.45) is 16.2 Å². The number of oxime groups is 2. The highest BCUT2D eigenvalue weighted by Crippen LogP contribution is 2.17. The summed E-state index contributed by atoms with van der Waals surface area (Å²) in [5.41, 5.74) is 0.142. The molecule has 0 aromatic carbocycles. The molecule has 1 aliphatic carbocycles. The molecule has 5 heteroatoms. The maximum atomic E-state index is 11.2. The highest BCUT2D eigenvalue weighted by molar-refractivity contribution is 6.67. The van der Waals surface area contributed by atoms with Crippen molar-refractivity contribution in [3.63, 3.8) is 0 Å². The van der Waals surface area contributed by atoms with Crippen LogP contribution in [0.2, 0.25) is 0 Å². The fourth-order valence-electron chi connectivity index (χ4n) is 1.26. The van der Waals surface area contributed by atoms with Crippen molar-refractivity contribution < 1.29 is 15.2 Å². The van der Waals surface area contributed by atoms with Crippen molar-refractivity contribution in [1.29, 1.82) is 0 Å². The zero-order valence-electron chi connectivity index (χ0n) is 6.69. The standard InChI is InChI=1S/C7H10N2O3/c1-4-2-5(8-11)7(10)6(3-4)9-12/h4,11-12H,2-3H2,1H3/b8-5+,9-6+. The highest BCUT2D eigenvalue weighted by Gasteiger charge is 2.28. The molecule has 1 rings (SSSR count). The fourth-order valence-corrected chi connectivity index (χ4v) is 1.26. The second-order valence-electron chi connectivity index (χ2n) is 2.94. The van der Waals surface area contributed by atoms with Crippen molar-refractivity contribution in [2.75, 3.05) is 0 Å². The normalized spacial score (nSPS) is 31.4. The van der Waals surface area contributed by atoms with E-state index in [-0.39, 0.29) is 17.3 Å². The Morgan fingerprint density at radius 2 is 1.67 bits per heavy atom. The van der Waals surface area contributed by atoms with Gasteiger partial charge in [-0.3, -0.25) is 4.79 Å². The summed E-state index contributed by atoms with van der Waals surface area (Å²) >= 11 is 0. The van der Waals surface area contributed by atoms with Crippen molar-refractivity contribution in [2.45, 2.75) is 19.8 Å². The first-order valence-corrected chi connectivity index (χ1v) is 3.65. The molecule has 12 heavy (non-hydrogen) atoms. The molecule has 0 aromatic heterocycles. The van der Waals surface area contributed by atoms with E-state index in [0.717, 1.165) is 0 Å². The van der Waals surface area contributed by atoms with Crippen LogP contribution >= 0.6 is 0 Å². The second-order valence-corrected chi connectivity index (χ2v) is 2.94. The van der Waals surface area contributed by atoms with Crippen LogP contribution < -0.4 is 0 Å². The Hall–Kier alpha value is -1.39. The van der Waals surface area contributed by atoms with E-state index >= 15 is 0 Å². The molecular formula is C7H10N2O3. The number of nitrogens with zero attached hydrogens (tertiary/aromatic N) is 2. The molecule has 0 radical (unpaired) electrons. The summed E-state index contributed by atoms with van der Waals surface area (Å²) < 4.78 is 0. The lowest BCUT2D eigenvalue weighted by molar-refractivity contribution is -0.108. The molecule has 5 nitrogen and oxygen atoms in total. The van der Waals surface area contributed by atoms with Gasteiger partial charge in [-0.25, -0.2) is 0 Å². The summed E-state index contributed by atoms with van der Waals surface area (Å²) in [6.07, 6.45) is 0.878. The van der Waals surface area contributed by atoms with E-state index in [4.69, 9.17) is 10.4 Å². The minimum Gasteiger partial charge on any atom is -0.411 e. The molecule has 2 N–H and O–H groups in total. The predicted molar refractivity (Wildman–Crippen MR) is 41.8 cm³/mol. The molecule has 0 amide bonds. The van der Waals surface area contributed by atoms with Crippen LogP contribution in [0.1, 0.15) is 19.8 Å². The van der Waals surface area contributed by atoms with Crippen LogP contribution in [-0.2, 0) is 4.79 Å². The van der Waals surface area contributed by atoms with Gasteiger partial charge in [0.2, 0.25) is 5.78 Å². The Balaban J connectivity index is 2.90. The van der Waals surface area contributed by atoms with Crippen molar-refractivity contribution >= 4 is 17.2 Å². The van der Waals surface area contributed by atoms with Crippen LogP contribution in [0.5, 0.6) is 0 Å². The number of Topliss-reactive ketones (excluding diaryl/α,β-unsaturated/α-hetero) is 1. The smallest absolute Gasteiger partial charge is 0.228 e. The van der Waals surface area contributed by atoms with Crippen molar-refractivity contribution in [3.8, 4) is 0 Å². The lowest BCUT2D eigenvalue weighted by atomic mass is 9.87. The van der Waals surface area contributed by atoms with E-state index in [1.165, 1.54) is 0 Å². The third-order valence-electron chi connectivity index (χ3n) is 1.85. The van der Waals surface area contributed by atoms with Crippen LogP contribution in [0.25, 0.3) is 0 Å². The Bertz CT molecular complexity index is 233. The van der Waals surface area contributed by atoms with E-state index in [0.29, 0.717) is 12.8 Å². The van der Waals surface area contributed by atoms with Crippen molar-refractivity contribution in [1.82, 2.24) is 0 Å². The number of ketones is 1. The third-order valence-corrected chi connectivity index (χ3v) is 1.85. The molecular weight excluding hydrogens is 160 g/mol. The number of carbonyl (C=O) groups is 1. The molecule has 0 atom stereocenters. The molecule has 0 aromatic rings. The molecule has 0 unspecified atom stereocenters. The number of carbonyl (C=O) groups excluding carboxylic acids is 1. The average molecular weight is 170 g/mol. The first-order valence-electron chi connectivity index (χ1n) is 3.65. The van der Waals surface area contributed by atoms with E-state index in [1.54, 1.807) is 0 Å². The van der Waals surface area contributed by atoms with E-state index in [2.05, 4.69) is 10.3 Å². The molecule has 0 bridgehead atoms. The summed E-state index contributed by atoms with van der Waals surface area (Å²) in [5, 5.41) is 22.6. The van der Waals surface area contributed by atoms with Crippen LogP contribution in [0, 0.1) is 5.92 Å². The Morgan fingerprint density at radius 1 is 1.25 bits per heavy atom. The molecule has 1 fully saturated rings. The van der Waals surface area contributed by atoms with Gasteiger partial charge in [0.1, 0.15) is 11.4 Å². The van der Waals surface area contributed by atoms with E-state index in [9.17, 15) is 4.79 Å². The Morgan fingerprint density at radius 3 is 2.00 bits per heavy atom. The van der Waals surface area contributed by atoms with Crippen LogP contribution in [0.4, 0.5) is 0 Å². The monoisotopic (exact) mass is 170 g/mol. The SMILES string of the molecule is CC1C/C(=N\O)C(=O)/C(=N/O)C1. The molecule has 1 saturated carbocycles. The maximum Gasteiger partial charge on any atom is 0.228 e. The van der Waals surface area contributed by atoms with Crippen LogP contribution in [-0.4, -0.2) is 27.6 Å². The van der Waals surface area contributed by atoms with E-state index in [1.807, 2.05) is 6.92 Å². The first-order chi connectivity index (χ1) is 5.69. The zero-order valence-corrected chi connectivity index (χ0v) is 6.69. The number of rotatable bonds is 0. The molecule has 0 saturated heterocycles. The van der Waals surface area contributed by atoms with Crippen LogP contribution in [0.15, 0.2) is 10.3 Å². The summed E-state index contributed by atoms with van der Waals surface area (Å²) in [7, 11) is 0. The van der Waals surface area contributed by atoms with Gasteiger partial charge in [0.25, 0.3) is 0 Å². The topological polar surface area (TPSA) is 82.2 Å². The number of hydrogen-bond donors (Lipinski definition) is 2. The highest BCUT2D eigenvalue weighted by atomic mass is 16.4. The van der Waals surface area contributed by atoms with Gasteiger partial charge in [-0.05, 0) is 18.8 Å². The lowest BCUT2D eigenvalue weighted by Crippen LogP contribution is -2.32. The van der Waals surface area contributed by atoms with Gasteiger partial charge in [-0.2, -0.15) is 0 Å². The number of hydrogen-bond acceptors (Lipinski definition) is 5. The molecule has 66 valence electrons.